The van der Waals surface area contributed by atoms with E-state index < -0.39 is 0 Å². The second-order valence-corrected chi connectivity index (χ2v) is 6.34. The lowest BCUT2D eigenvalue weighted by molar-refractivity contribution is -0.143. The Kier molecular flexibility index (Phi) is 6.91. The van der Waals surface area contributed by atoms with Gasteiger partial charge in [-0.3, -0.25) is 4.79 Å². The van der Waals surface area contributed by atoms with Crippen molar-refractivity contribution in [2.24, 2.45) is 0 Å². The minimum Gasteiger partial charge on any atom is -0.466 e. The van der Waals surface area contributed by atoms with E-state index in [-0.39, 0.29) is 11.5 Å². The zero-order chi connectivity index (χ0) is 15.7. The van der Waals surface area contributed by atoms with Gasteiger partial charge in [0.1, 0.15) is 0 Å². The SMILES string of the molecule is CCOC(=O)CCCC1(NCc2ccccc2)CCCCC1. The molecule has 0 atom stereocenters. The van der Waals surface area contributed by atoms with Gasteiger partial charge in [0.25, 0.3) is 0 Å². The average Bonchev–Trinajstić information content (AvgIpc) is 2.55. The molecule has 0 unspecified atom stereocenters. The summed E-state index contributed by atoms with van der Waals surface area (Å²) in [6.07, 6.45) is 8.90. The molecule has 1 aliphatic carbocycles. The number of benzene rings is 1. The average molecular weight is 303 g/mol. The normalized spacial score (nSPS) is 17.1. The summed E-state index contributed by atoms with van der Waals surface area (Å²) in [4.78, 5) is 11.5. The molecule has 1 aliphatic rings. The number of carbonyl (C=O) groups is 1. The van der Waals surface area contributed by atoms with E-state index in [4.69, 9.17) is 4.74 Å². The molecule has 0 spiro atoms. The van der Waals surface area contributed by atoms with Crippen molar-refractivity contribution >= 4 is 5.97 Å². The minimum absolute atomic E-state index is 0.0588. The third-order valence-electron chi connectivity index (χ3n) is 4.66. The molecule has 0 aromatic heterocycles. The van der Waals surface area contributed by atoms with Gasteiger partial charge in [-0.25, -0.2) is 0 Å². The molecule has 1 fully saturated rings. The molecule has 3 heteroatoms. The van der Waals surface area contributed by atoms with Gasteiger partial charge in [-0.2, -0.15) is 0 Å². The minimum atomic E-state index is -0.0588. The van der Waals surface area contributed by atoms with Crippen molar-refractivity contribution in [2.75, 3.05) is 6.61 Å². The molecule has 0 radical (unpaired) electrons. The van der Waals surface area contributed by atoms with Crippen LogP contribution in [0.1, 0.15) is 63.9 Å². The standard InChI is InChI=1S/C19H29NO2/c1-2-22-18(21)12-9-15-19(13-7-4-8-14-19)20-16-17-10-5-3-6-11-17/h3,5-6,10-11,20H,2,4,7-9,12-16H2,1H3. The third-order valence-corrected chi connectivity index (χ3v) is 4.66. The Morgan fingerprint density at radius 1 is 1.18 bits per heavy atom. The zero-order valence-corrected chi connectivity index (χ0v) is 13.8. The summed E-state index contributed by atoms with van der Waals surface area (Å²) >= 11 is 0. The third kappa shape index (κ3) is 5.45. The smallest absolute Gasteiger partial charge is 0.305 e. The van der Waals surface area contributed by atoms with E-state index in [9.17, 15) is 4.79 Å². The number of hydrogen-bond donors (Lipinski definition) is 1. The highest BCUT2D eigenvalue weighted by molar-refractivity contribution is 5.69. The first-order chi connectivity index (χ1) is 10.7. The summed E-state index contributed by atoms with van der Waals surface area (Å²) < 4.78 is 5.03. The van der Waals surface area contributed by atoms with Crippen LogP contribution in [0.5, 0.6) is 0 Å². The molecule has 1 aromatic rings. The lowest BCUT2D eigenvalue weighted by Crippen LogP contribution is -2.46. The quantitative estimate of drug-likeness (QED) is 0.731. The molecule has 22 heavy (non-hydrogen) atoms. The summed E-state index contributed by atoms with van der Waals surface area (Å²) in [5.74, 6) is -0.0588. The lowest BCUT2D eigenvalue weighted by atomic mass is 9.78. The summed E-state index contributed by atoms with van der Waals surface area (Å²) in [7, 11) is 0. The molecule has 3 nitrogen and oxygen atoms in total. The summed E-state index contributed by atoms with van der Waals surface area (Å²) in [5.41, 5.74) is 1.54. The van der Waals surface area contributed by atoms with E-state index in [1.165, 1.54) is 37.7 Å². The van der Waals surface area contributed by atoms with Crippen molar-refractivity contribution in [1.29, 1.82) is 0 Å². The predicted molar refractivity (Wildman–Crippen MR) is 89.6 cm³/mol. The molecule has 0 saturated heterocycles. The predicted octanol–water partition coefficient (Wildman–Crippen LogP) is 4.21. The van der Waals surface area contributed by atoms with Gasteiger partial charge in [0, 0.05) is 18.5 Å². The Balaban J connectivity index is 1.85. The Bertz CT molecular complexity index is 438. The molecule has 0 amide bonds. The maximum atomic E-state index is 11.5. The topological polar surface area (TPSA) is 38.3 Å². The van der Waals surface area contributed by atoms with Crippen molar-refractivity contribution < 1.29 is 9.53 Å². The van der Waals surface area contributed by atoms with Crippen LogP contribution in [-0.4, -0.2) is 18.1 Å². The molecule has 1 N–H and O–H groups in total. The fraction of sp³-hybridized carbons (Fsp3) is 0.632. The molecule has 0 heterocycles. The van der Waals surface area contributed by atoms with Crippen molar-refractivity contribution in [2.45, 2.75) is 70.4 Å². The van der Waals surface area contributed by atoms with Crippen LogP contribution in [0.25, 0.3) is 0 Å². The second kappa shape index (κ2) is 8.94. The van der Waals surface area contributed by atoms with E-state index >= 15 is 0 Å². The van der Waals surface area contributed by atoms with Crippen LogP contribution in [0, 0.1) is 0 Å². The van der Waals surface area contributed by atoms with Crippen LogP contribution in [0.15, 0.2) is 30.3 Å². The van der Waals surface area contributed by atoms with Crippen LogP contribution in [0.2, 0.25) is 0 Å². The van der Waals surface area contributed by atoms with Crippen LogP contribution in [-0.2, 0) is 16.1 Å². The van der Waals surface area contributed by atoms with Crippen molar-refractivity contribution in [3.05, 3.63) is 35.9 Å². The van der Waals surface area contributed by atoms with Gasteiger partial charge >= 0.3 is 5.97 Å². The summed E-state index contributed by atoms with van der Waals surface area (Å²) in [6.45, 7) is 3.26. The molecule has 1 aromatic carbocycles. The van der Waals surface area contributed by atoms with Crippen molar-refractivity contribution in [1.82, 2.24) is 5.32 Å². The highest BCUT2D eigenvalue weighted by Crippen LogP contribution is 2.33. The first kappa shape index (κ1) is 17.0. The number of carbonyl (C=O) groups excluding carboxylic acids is 1. The maximum absolute atomic E-state index is 11.5. The van der Waals surface area contributed by atoms with Crippen LogP contribution in [0.3, 0.4) is 0 Å². The number of nitrogens with one attached hydrogen (secondary N) is 1. The second-order valence-electron chi connectivity index (χ2n) is 6.34. The van der Waals surface area contributed by atoms with Gasteiger partial charge < -0.3 is 10.1 Å². The van der Waals surface area contributed by atoms with Crippen LogP contribution >= 0.6 is 0 Å². The Morgan fingerprint density at radius 3 is 2.59 bits per heavy atom. The highest BCUT2D eigenvalue weighted by Gasteiger charge is 2.31. The van der Waals surface area contributed by atoms with Gasteiger partial charge in [0.2, 0.25) is 0 Å². The van der Waals surface area contributed by atoms with E-state index in [1.807, 2.05) is 6.92 Å². The molecule has 1 saturated carbocycles. The van der Waals surface area contributed by atoms with Gasteiger partial charge in [0.15, 0.2) is 0 Å². The maximum Gasteiger partial charge on any atom is 0.305 e. The monoisotopic (exact) mass is 303 g/mol. The van der Waals surface area contributed by atoms with Crippen LogP contribution in [0.4, 0.5) is 0 Å². The highest BCUT2D eigenvalue weighted by atomic mass is 16.5. The van der Waals surface area contributed by atoms with Crippen molar-refractivity contribution in [3.8, 4) is 0 Å². The molecular formula is C19H29NO2. The first-order valence-electron chi connectivity index (χ1n) is 8.69. The van der Waals surface area contributed by atoms with E-state index in [0.29, 0.717) is 13.0 Å². The molecule has 0 aliphatic heterocycles. The largest absolute Gasteiger partial charge is 0.466 e. The lowest BCUT2D eigenvalue weighted by Gasteiger charge is -2.39. The van der Waals surface area contributed by atoms with Crippen LogP contribution < -0.4 is 5.32 Å². The van der Waals surface area contributed by atoms with Gasteiger partial charge in [-0.1, -0.05) is 49.6 Å². The summed E-state index contributed by atoms with van der Waals surface area (Å²) in [6, 6.07) is 10.6. The van der Waals surface area contributed by atoms with Gasteiger partial charge in [-0.05, 0) is 38.2 Å². The number of rotatable bonds is 8. The summed E-state index contributed by atoms with van der Waals surface area (Å²) in [5, 5.41) is 3.81. The molecule has 122 valence electrons. The fourth-order valence-electron chi connectivity index (χ4n) is 3.43. The first-order valence-corrected chi connectivity index (χ1v) is 8.69. The van der Waals surface area contributed by atoms with Crippen molar-refractivity contribution in [3.63, 3.8) is 0 Å². The van der Waals surface area contributed by atoms with E-state index in [0.717, 1.165) is 19.4 Å². The Labute approximate surface area is 134 Å². The fourth-order valence-corrected chi connectivity index (χ4v) is 3.43. The molecular weight excluding hydrogens is 274 g/mol. The van der Waals surface area contributed by atoms with Gasteiger partial charge in [0.05, 0.1) is 6.61 Å². The van der Waals surface area contributed by atoms with Gasteiger partial charge in [-0.15, -0.1) is 0 Å². The molecule has 2 rings (SSSR count). The Hall–Kier alpha value is -1.35. The van der Waals surface area contributed by atoms with E-state index in [1.54, 1.807) is 0 Å². The Morgan fingerprint density at radius 2 is 1.91 bits per heavy atom. The number of hydrogen-bond acceptors (Lipinski definition) is 3. The number of ether oxygens (including phenoxy) is 1. The zero-order valence-electron chi connectivity index (χ0n) is 13.8. The molecule has 0 bridgehead atoms. The van der Waals surface area contributed by atoms with E-state index in [2.05, 4.69) is 35.6 Å². The number of esters is 1.